The van der Waals surface area contributed by atoms with Gasteiger partial charge in [-0.3, -0.25) is 0 Å². The van der Waals surface area contributed by atoms with Gasteiger partial charge in [0.15, 0.2) is 0 Å². The van der Waals surface area contributed by atoms with E-state index in [9.17, 15) is 4.79 Å². The highest BCUT2D eigenvalue weighted by Crippen LogP contribution is 2.20. The van der Waals surface area contributed by atoms with Crippen LogP contribution in [0.1, 0.15) is 20.3 Å². The summed E-state index contributed by atoms with van der Waals surface area (Å²) in [4.78, 5) is 14.7. The van der Waals surface area contributed by atoms with E-state index >= 15 is 0 Å². The molecule has 0 radical (unpaired) electrons. The first-order valence-corrected chi connectivity index (χ1v) is 4.96. The van der Waals surface area contributed by atoms with Gasteiger partial charge < -0.3 is 10.5 Å². The van der Waals surface area contributed by atoms with E-state index in [1.54, 1.807) is 31.2 Å². The van der Waals surface area contributed by atoms with Crippen LogP contribution in [0.4, 0.5) is 5.69 Å². The molecule has 0 aromatic heterocycles. The van der Waals surface area contributed by atoms with Crippen LogP contribution in [0, 0.1) is 5.39 Å². The van der Waals surface area contributed by atoms with Crippen molar-refractivity contribution < 1.29 is 9.53 Å². The number of rotatable bonds is 3. The molecule has 0 fully saturated rings. The Bertz CT molecular complexity index is 422. The van der Waals surface area contributed by atoms with Crippen molar-refractivity contribution in [1.29, 1.82) is 5.39 Å². The lowest BCUT2D eigenvalue weighted by Crippen LogP contribution is -2.34. The second kappa shape index (κ2) is 4.62. The van der Waals surface area contributed by atoms with Gasteiger partial charge in [-0.1, -0.05) is 6.92 Å². The normalized spacial score (nSPS) is 13.6. The quantitative estimate of drug-likeness (QED) is 0.366. The van der Waals surface area contributed by atoms with E-state index in [0.29, 0.717) is 17.9 Å². The number of carbonyl (C=O) groups is 1. The number of diazo groups is 1. The predicted molar refractivity (Wildman–Crippen MR) is 60.3 cm³/mol. The smallest absolute Gasteiger partial charge is 0.413 e. The molecule has 0 aliphatic heterocycles. The van der Waals surface area contributed by atoms with Gasteiger partial charge in [0.25, 0.3) is 0 Å². The second-order valence-corrected chi connectivity index (χ2v) is 3.69. The molecule has 84 valence electrons. The molecular weight excluding hydrogens is 206 g/mol. The van der Waals surface area contributed by atoms with Gasteiger partial charge >= 0.3 is 11.5 Å². The zero-order valence-corrected chi connectivity index (χ0v) is 9.30. The van der Waals surface area contributed by atoms with Crippen LogP contribution < -0.4 is 10.5 Å². The van der Waals surface area contributed by atoms with Crippen LogP contribution in [0.2, 0.25) is 0 Å². The molecule has 1 rings (SSSR count). The molecule has 0 aliphatic rings. The van der Waals surface area contributed by atoms with Gasteiger partial charge in [0, 0.05) is 19.0 Å². The fraction of sp³-hybridized carbons (Fsp3) is 0.364. The van der Waals surface area contributed by atoms with E-state index in [2.05, 4.69) is 4.98 Å². The van der Waals surface area contributed by atoms with E-state index in [-0.39, 0.29) is 0 Å². The molecule has 2 N–H and O–H groups in total. The summed E-state index contributed by atoms with van der Waals surface area (Å²) in [5, 5.41) is 8.78. The molecular formula is C11H14N3O2+. The number of nitrogens with zero attached hydrogens (tertiary/aromatic N) is 2. The number of benzene rings is 1. The van der Waals surface area contributed by atoms with Crippen molar-refractivity contribution in [2.75, 3.05) is 5.73 Å². The van der Waals surface area contributed by atoms with Crippen molar-refractivity contribution in [1.82, 2.24) is 0 Å². The van der Waals surface area contributed by atoms with Gasteiger partial charge in [0.2, 0.25) is 5.39 Å². The minimum absolute atomic E-state index is 0.358. The Hall–Kier alpha value is -2.09. The maximum Gasteiger partial charge on any atom is 0.413 e. The Morgan fingerprint density at radius 3 is 2.50 bits per heavy atom. The Labute approximate surface area is 93.8 Å². The van der Waals surface area contributed by atoms with Crippen LogP contribution in [0.15, 0.2) is 24.3 Å². The first-order valence-electron chi connectivity index (χ1n) is 4.96. The zero-order valence-electron chi connectivity index (χ0n) is 9.30. The summed E-state index contributed by atoms with van der Waals surface area (Å²) in [6.45, 7) is 3.25. The lowest BCUT2D eigenvalue weighted by Gasteiger charge is -2.08. The summed E-state index contributed by atoms with van der Waals surface area (Å²) in [6.07, 6.45) is 0.358. The van der Waals surface area contributed by atoms with Gasteiger partial charge in [0.05, 0.1) is 0 Å². The lowest BCUT2D eigenvalue weighted by molar-refractivity contribution is -0.138. The molecule has 1 unspecified atom stereocenters. The molecule has 0 saturated heterocycles. The van der Waals surface area contributed by atoms with Crippen LogP contribution in [0.3, 0.4) is 0 Å². The summed E-state index contributed by atoms with van der Waals surface area (Å²) in [7, 11) is 0. The molecule has 0 spiro atoms. The zero-order chi connectivity index (χ0) is 12.2. The Morgan fingerprint density at radius 2 is 2.06 bits per heavy atom. The van der Waals surface area contributed by atoms with Crippen LogP contribution in [-0.2, 0) is 4.79 Å². The summed E-state index contributed by atoms with van der Waals surface area (Å²) < 4.78 is 5.07. The van der Waals surface area contributed by atoms with Gasteiger partial charge in [0.1, 0.15) is 10.7 Å². The highest BCUT2D eigenvalue weighted by molar-refractivity contribution is 5.84. The average Bonchev–Trinajstić information content (AvgIpc) is 2.31. The third-order valence-corrected chi connectivity index (χ3v) is 2.44. The molecule has 16 heavy (non-hydrogen) atoms. The highest BCUT2D eigenvalue weighted by atomic mass is 16.5. The average molecular weight is 220 g/mol. The lowest BCUT2D eigenvalue weighted by atomic mass is 10.0. The van der Waals surface area contributed by atoms with E-state index in [1.165, 1.54) is 6.92 Å². The molecule has 1 aromatic carbocycles. The molecule has 0 bridgehead atoms. The summed E-state index contributed by atoms with van der Waals surface area (Å²) in [5.74, 6) is -0.218. The third-order valence-electron chi connectivity index (χ3n) is 2.44. The fourth-order valence-electron chi connectivity index (χ4n) is 1.01. The van der Waals surface area contributed by atoms with Gasteiger partial charge in [-0.25, -0.2) is 4.79 Å². The van der Waals surface area contributed by atoms with Crippen LogP contribution in [0.5, 0.6) is 5.75 Å². The van der Waals surface area contributed by atoms with Crippen molar-refractivity contribution >= 4 is 11.7 Å². The maximum absolute atomic E-state index is 11.7. The first-order chi connectivity index (χ1) is 7.51. The van der Waals surface area contributed by atoms with Crippen LogP contribution >= 0.6 is 0 Å². The van der Waals surface area contributed by atoms with Gasteiger partial charge in [-0.2, -0.15) is 0 Å². The van der Waals surface area contributed by atoms with E-state index in [1.807, 2.05) is 0 Å². The number of hydrogen-bond donors (Lipinski definition) is 1. The Kier molecular flexibility index (Phi) is 3.46. The van der Waals surface area contributed by atoms with Crippen LogP contribution in [0.25, 0.3) is 4.98 Å². The van der Waals surface area contributed by atoms with E-state index in [0.717, 1.165) is 0 Å². The minimum Gasteiger partial charge on any atom is -0.420 e. The molecule has 1 aromatic rings. The SMILES string of the molecule is CCC(C)([N+]#N)C(=O)Oc1ccc(N)cc1. The molecule has 0 aliphatic carbocycles. The fourth-order valence-corrected chi connectivity index (χ4v) is 1.01. The number of ether oxygens (including phenoxy) is 1. The van der Waals surface area contributed by atoms with Crippen molar-refractivity contribution in [3.63, 3.8) is 0 Å². The number of carbonyl (C=O) groups excluding carboxylic acids is 1. The van der Waals surface area contributed by atoms with E-state index in [4.69, 9.17) is 15.9 Å². The summed E-state index contributed by atoms with van der Waals surface area (Å²) in [6, 6.07) is 6.42. The number of nitrogens with two attached hydrogens (primary N) is 1. The molecule has 0 heterocycles. The Balaban J connectivity index is 2.79. The number of esters is 1. The molecule has 0 amide bonds. The van der Waals surface area contributed by atoms with Crippen molar-refractivity contribution in [2.24, 2.45) is 0 Å². The van der Waals surface area contributed by atoms with Gasteiger partial charge in [-0.05, 0) is 24.3 Å². The second-order valence-electron chi connectivity index (χ2n) is 3.69. The topological polar surface area (TPSA) is 80.5 Å². The maximum atomic E-state index is 11.7. The van der Waals surface area contributed by atoms with Gasteiger partial charge in [-0.15, -0.1) is 0 Å². The van der Waals surface area contributed by atoms with Crippen molar-refractivity contribution in [2.45, 2.75) is 25.8 Å². The standard InChI is InChI=1S/C11H14N3O2/c1-3-11(2,14-13)10(15)16-9-6-4-8(12)5-7-9/h4-7H,3,12H2,1-2H3/q+1. The molecule has 1 atom stereocenters. The van der Waals surface area contributed by atoms with Crippen LogP contribution in [-0.4, -0.2) is 11.5 Å². The summed E-state index contributed by atoms with van der Waals surface area (Å²) in [5.41, 5.74) is 4.86. The first kappa shape index (κ1) is 12.0. The third kappa shape index (κ3) is 2.48. The number of hydrogen-bond acceptors (Lipinski definition) is 4. The van der Waals surface area contributed by atoms with Crippen molar-refractivity contribution in [3.05, 3.63) is 29.2 Å². The molecule has 0 saturated carbocycles. The number of nitrogen functional groups attached to an aromatic ring is 1. The monoisotopic (exact) mass is 220 g/mol. The Morgan fingerprint density at radius 1 is 1.50 bits per heavy atom. The summed E-state index contributed by atoms with van der Waals surface area (Å²) >= 11 is 0. The largest absolute Gasteiger partial charge is 0.420 e. The minimum atomic E-state index is -1.22. The molecule has 5 nitrogen and oxygen atoms in total. The van der Waals surface area contributed by atoms with E-state index < -0.39 is 11.5 Å². The highest BCUT2D eigenvalue weighted by Gasteiger charge is 2.47. The van der Waals surface area contributed by atoms with Crippen molar-refractivity contribution in [3.8, 4) is 5.75 Å². The number of anilines is 1. The molecule has 5 heteroatoms. The predicted octanol–water partition coefficient (Wildman–Crippen LogP) is 2.20.